The summed E-state index contributed by atoms with van der Waals surface area (Å²) in [5.74, 6) is 3.19. The molecule has 0 unspecified atom stereocenters. The Labute approximate surface area is 194 Å². The number of aromatic nitrogens is 3. The second-order valence-corrected chi connectivity index (χ2v) is 8.83. The third-order valence-electron chi connectivity index (χ3n) is 5.88. The molecule has 33 heavy (non-hydrogen) atoms. The predicted molar refractivity (Wildman–Crippen MR) is 125 cm³/mol. The summed E-state index contributed by atoms with van der Waals surface area (Å²) in [7, 11) is 0. The van der Waals surface area contributed by atoms with Crippen LogP contribution in [-0.4, -0.2) is 45.3 Å². The highest BCUT2D eigenvalue weighted by atomic mass is 16.5. The van der Waals surface area contributed by atoms with Gasteiger partial charge in [0.15, 0.2) is 11.6 Å². The van der Waals surface area contributed by atoms with Crippen LogP contribution in [0.3, 0.4) is 0 Å². The number of hydrogen-bond acceptors (Lipinski definition) is 6. The molecule has 0 aliphatic carbocycles. The largest absolute Gasteiger partial charge is 0.494 e. The molecule has 0 saturated heterocycles. The average Bonchev–Trinajstić information content (AvgIpc) is 3.43. The Morgan fingerprint density at radius 3 is 2.76 bits per heavy atom. The minimum absolute atomic E-state index is 0.228. The van der Waals surface area contributed by atoms with Crippen molar-refractivity contribution in [3.63, 3.8) is 0 Å². The lowest BCUT2D eigenvalue weighted by Gasteiger charge is -2.22. The number of para-hydroxylation sites is 1. The highest BCUT2D eigenvalue weighted by Crippen LogP contribution is 2.24. The average molecular weight is 452 g/mol. The van der Waals surface area contributed by atoms with E-state index in [-0.39, 0.29) is 11.9 Å². The number of nitrogens with one attached hydrogen (secondary N) is 1. The van der Waals surface area contributed by atoms with Crippen molar-refractivity contribution < 1.29 is 13.9 Å². The van der Waals surface area contributed by atoms with Crippen LogP contribution in [0.5, 0.6) is 5.75 Å². The second-order valence-electron chi connectivity index (χ2n) is 8.83. The van der Waals surface area contributed by atoms with E-state index < -0.39 is 0 Å². The summed E-state index contributed by atoms with van der Waals surface area (Å²) in [5.41, 5.74) is 1.20. The van der Waals surface area contributed by atoms with Crippen LogP contribution in [-0.2, 0) is 19.5 Å². The Morgan fingerprint density at radius 2 is 2.00 bits per heavy atom. The van der Waals surface area contributed by atoms with Crippen molar-refractivity contribution in [2.45, 2.75) is 52.7 Å². The monoisotopic (exact) mass is 451 g/mol. The van der Waals surface area contributed by atoms with Gasteiger partial charge in [-0.3, -0.25) is 9.69 Å². The van der Waals surface area contributed by atoms with Crippen molar-refractivity contribution in [1.29, 1.82) is 0 Å². The molecule has 2 aromatic heterocycles. The zero-order valence-corrected chi connectivity index (χ0v) is 19.7. The molecule has 3 aromatic rings. The molecule has 1 N–H and O–H groups in total. The van der Waals surface area contributed by atoms with Gasteiger partial charge in [-0.15, -0.1) is 10.2 Å². The van der Waals surface area contributed by atoms with Crippen LogP contribution in [0.15, 0.2) is 47.1 Å². The Bertz CT molecular complexity index is 1040. The smallest absolute Gasteiger partial charge is 0.287 e. The second kappa shape index (κ2) is 10.7. The van der Waals surface area contributed by atoms with Gasteiger partial charge >= 0.3 is 0 Å². The first-order chi connectivity index (χ1) is 16.0. The van der Waals surface area contributed by atoms with E-state index in [4.69, 9.17) is 9.15 Å². The Hall–Kier alpha value is -3.13. The number of nitrogens with zero attached hydrogens (tertiary/aromatic N) is 4. The first kappa shape index (κ1) is 23.0. The lowest BCUT2D eigenvalue weighted by atomic mass is 10.0. The van der Waals surface area contributed by atoms with E-state index in [1.54, 1.807) is 12.1 Å². The van der Waals surface area contributed by atoms with Gasteiger partial charge in [0.1, 0.15) is 11.6 Å². The number of carbonyl (C=O) groups is 1. The van der Waals surface area contributed by atoms with Crippen LogP contribution in [0.25, 0.3) is 0 Å². The molecule has 1 aliphatic heterocycles. The molecular formula is C25H33N5O3. The maximum Gasteiger partial charge on any atom is 0.287 e. The maximum absolute atomic E-state index is 12.7. The molecule has 8 nitrogen and oxygen atoms in total. The van der Waals surface area contributed by atoms with Gasteiger partial charge < -0.3 is 19.0 Å². The molecule has 176 valence electrons. The van der Waals surface area contributed by atoms with Crippen LogP contribution in [0.4, 0.5) is 0 Å². The van der Waals surface area contributed by atoms with E-state index in [1.165, 1.54) is 11.8 Å². The molecule has 0 radical (unpaired) electrons. The SMILES string of the molecule is CCOc1ccccc1CN1CCc2nnc([C@H](CC(C)C)NC(=O)c3ccco3)n2CC1. The molecule has 0 spiro atoms. The third-order valence-corrected chi connectivity index (χ3v) is 5.88. The van der Waals surface area contributed by atoms with Crippen LogP contribution >= 0.6 is 0 Å². The van der Waals surface area contributed by atoms with Crippen molar-refractivity contribution in [2.75, 3.05) is 19.7 Å². The molecule has 4 rings (SSSR count). The number of ether oxygens (including phenoxy) is 1. The first-order valence-corrected chi connectivity index (χ1v) is 11.7. The molecular weight excluding hydrogens is 418 g/mol. The van der Waals surface area contributed by atoms with Gasteiger partial charge in [0.05, 0.1) is 18.9 Å². The first-order valence-electron chi connectivity index (χ1n) is 11.7. The summed E-state index contributed by atoms with van der Waals surface area (Å²) < 4.78 is 13.3. The summed E-state index contributed by atoms with van der Waals surface area (Å²) >= 11 is 0. The van der Waals surface area contributed by atoms with E-state index in [0.29, 0.717) is 18.3 Å². The van der Waals surface area contributed by atoms with Gasteiger partial charge in [0, 0.05) is 38.2 Å². The zero-order chi connectivity index (χ0) is 23.2. The van der Waals surface area contributed by atoms with Crippen molar-refractivity contribution in [3.05, 3.63) is 65.6 Å². The fraction of sp³-hybridized carbons (Fsp3) is 0.480. The van der Waals surface area contributed by atoms with Crippen molar-refractivity contribution in [2.24, 2.45) is 5.92 Å². The summed E-state index contributed by atoms with van der Waals surface area (Å²) in [5, 5.41) is 12.1. The molecule has 0 fully saturated rings. The molecule has 0 saturated carbocycles. The van der Waals surface area contributed by atoms with Crippen molar-refractivity contribution in [1.82, 2.24) is 25.0 Å². The Morgan fingerprint density at radius 1 is 1.15 bits per heavy atom. The fourth-order valence-corrected chi connectivity index (χ4v) is 4.31. The number of hydrogen-bond donors (Lipinski definition) is 1. The highest BCUT2D eigenvalue weighted by molar-refractivity contribution is 5.91. The summed E-state index contributed by atoms with van der Waals surface area (Å²) in [6.07, 6.45) is 3.09. The topological polar surface area (TPSA) is 85.4 Å². The minimum atomic E-state index is -0.231. The number of furan rings is 1. The zero-order valence-electron chi connectivity index (χ0n) is 19.7. The lowest BCUT2D eigenvalue weighted by Crippen LogP contribution is -2.32. The standard InChI is InChI=1S/C25H33N5O3/c1-4-32-21-9-6-5-8-19(21)17-29-12-11-23-27-28-24(30(23)14-13-29)20(16-18(2)3)26-25(31)22-10-7-15-33-22/h5-10,15,18,20H,4,11-14,16-17H2,1-3H3,(H,26,31)/t20-/m0/s1. The van der Waals surface area contributed by atoms with Gasteiger partial charge in [-0.2, -0.15) is 0 Å². The van der Waals surface area contributed by atoms with E-state index in [1.807, 2.05) is 19.1 Å². The van der Waals surface area contributed by atoms with E-state index >= 15 is 0 Å². The van der Waals surface area contributed by atoms with Gasteiger partial charge in [-0.25, -0.2) is 0 Å². The van der Waals surface area contributed by atoms with E-state index in [2.05, 4.69) is 51.0 Å². The minimum Gasteiger partial charge on any atom is -0.494 e. The number of fused-ring (bicyclic) bond motifs is 1. The van der Waals surface area contributed by atoms with E-state index in [0.717, 1.165) is 56.4 Å². The van der Waals surface area contributed by atoms with Crippen molar-refractivity contribution in [3.8, 4) is 5.75 Å². The van der Waals surface area contributed by atoms with Gasteiger partial charge in [0.2, 0.25) is 0 Å². The van der Waals surface area contributed by atoms with Gasteiger partial charge in [-0.05, 0) is 37.5 Å². The molecule has 8 heteroatoms. The van der Waals surface area contributed by atoms with Crippen LogP contribution in [0.1, 0.15) is 61.0 Å². The van der Waals surface area contributed by atoms with Gasteiger partial charge in [0.25, 0.3) is 5.91 Å². The molecule has 1 aliphatic rings. The molecule has 3 heterocycles. The molecule has 0 bridgehead atoms. The number of carbonyl (C=O) groups excluding carboxylic acids is 1. The Kier molecular flexibility index (Phi) is 7.44. The van der Waals surface area contributed by atoms with Crippen molar-refractivity contribution >= 4 is 5.91 Å². The van der Waals surface area contributed by atoms with Crippen LogP contribution in [0, 0.1) is 5.92 Å². The lowest BCUT2D eigenvalue weighted by molar-refractivity contribution is 0.0900. The maximum atomic E-state index is 12.7. The fourth-order valence-electron chi connectivity index (χ4n) is 4.31. The summed E-state index contributed by atoms with van der Waals surface area (Å²) in [6.45, 7) is 10.3. The number of amides is 1. The van der Waals surface area contributed by atoms with Crippen LogP contribution in [0.2, 0.25) is 0 Å². The molecule has 1 aromatic carbocycles. The molecule has 1 amide bonds. The highest BCUT2D eigenvalue weighted by Gasteiger charge is 2.27. The summed E-state index contributed by atoms with van der Waals surface area (Å²) in [6, 6.07) is 11.4. The van der Waals surface area contributed by atoms with Crippen LogP contribution < -0.4 is 10.1 Å². The number of benzene rings is 1. The normalized spacial score (nSPS) is 15.2. The van der Waals surface area contributed by atoms with E-state index in [9.17, 15) is 4.79 Å². The Balaban J connectivity index is 1.49. The molecule has 1 atom stereocenters. The van der Waals surface area contributed by atoms with Gasteiger partial charge in [-0.1, -0.05) is 32.0 Å². The predicted octanol–water partition coefficient (Wildman–Crippen LogP) is 3.85. The quantitative estimate of drug-likeness (QED) is 0.532. The summed E-state index contributed by atoms with van der Waals surface area (Å²) in [4.78, 5) is 15.1. The third kappa shape index (κ3) is 5.63. The number of rotatable bonds is 9.